The molecule has 176 valence electrons. The van der Waals surface area contributed by atoms with Gasteiger partial charge in [-0.15, -0.1) is 0 Å². The van der Waals surface area contributed by atoms with Gasteiger partial charge in [0.25, 0.3) is 0 Å². The van der Waals surface area contributed by atoms with Crippen LogP contribution in [0.5, 0.6) is 0 Å². The molecule has 0 saturated heterocycles. The fourth-order valence-corrected chi connectivity index (χ4v) is 2.78. The van der Waals surface area contributed by atoms with E-state index in [1.54, 1.807) is 0 Å². The highest BCUT2D eigenvalue weighted by Gasteiger charge is 2.21. The molecule has 0 spiro atoms. The number of unbranched alkanes of at least 4 members (excludes halogenated alkanes) is 4. The molecule has 0 radical (unpaired) electrons. The molecule has 0 amide bonds. The Morgan fingerprint density at radius 3 is 2.00 bits per heavy atom. The van der Waals surface area contributed by atoms with E-state index in [2.05, 4.69) is 25.7 Å². The Hall–Kier alpha value is -1.40. The molecule has 0 aliphatic heterocycles. The summed E-state index contributed by atoms with van der Waals surface area (Å²) in [4.78, 5) is 25.9. The lowest BCUT2D eigenvalue weighted by Crippen LogP contribution is -2.43. The smallest absolute Gasteiger partial charge is 0.330 e. The van der Waals surface area contributed by atoms with Crippen LogP contribution in [0.4, 0.5) is 0 Å². The van der Waals surface area contributed by atoms with E-state index in [9.17, 15) is 9.59 Å². The van der Waals surface area contributed by atoms with Crippen LogP contribution < -0.4 is 0 Å². The molecule has 6 heteroatoms. The molecule has 0 aliphatic rings. The second kappa shape index (κ2) is 15.4. The summed E-state index contributed by atoms with van der Waals surface area (Å²) in [6, 6.07) is 0. The number of esters is 2. The van der Waals surface area contributed by atoms with Crippen LogP contribution in [0.1, 0.15) is 86.5 Å². The highest BCUT2D eigenvalue weighted by atomic mass is 16.5. The third-order valence-corrected chi connectivity index (χ3v) is 4.64. The zero-order chi connectivity index (χ0) is 23.0. The van der Waals surface area contributed by atoms with Crippen molar-refractivity contribution >= 4 is 11.9 Å². The summed E-state index contributed by atoms with van der Waals surface area (Å²) in [5.41, 5.74) is -0.0434. The van der Waals surface area contributed by atoms with Gasteiger partial charge < -0.3 is 14.6 Å². The molecule has 0 aromatic carbocycles. The summed E-state index contributed by atoms with van der Waals surface area (Å²) < 4.78 is 10.5. The number of hydrogen-bond donors (Lipinski definition) is 1. The first-order chi connectivity index (χ1) is 14.0. The van der Waals surface area contributed by atoms with E-state index < -0.39 is 0 Å². The van der Waals surface area contributed by atoms with Crippen molar-refractivity contribution in [1.29, 1.82) is 0 Å². The van der Waals surface area contributed by atoms with Gasteiger partial charge in [-0.2, -0.15) is 0 Å². The highest BCUT2D eigenvalue weighted by Crippen LogP contribution is 2.16. The molecule has 6 nitrogen and oxygen atoms in total. The van der Waals surface area contributed by atoms with Crippen molar-refractivity contribution in [1.82, 2.24) is 4.90 Å². The molecule has 0 heterocycles. The van der Waals surface area contributed by atoms with E-state index >= 15 is 0 Å². The van der Waals surface area contributed by atoms with Crippen LogP contribution in [0.3, 0.4) is 0 Å². The van der Waals surface area contributed by atoms with Gasteiger partial charge in [-0.25, -0.2) is 4.79 Å². The first kappa shape index (κ1) is 28.6. The molecule has 0 bridgehead atoms. The first-order valence-corrected chi connectivity index (χ1v) is 11.3. The van der Waals surface area contributed by atoms with Gasteiger partial charge in [0, 0.05) is 24.8 Å². The van der Waals surface area contributed by atoms with Crippen LogP contribution in [0, 0.1) is 5.41 Å². The monoisotopic (exact) mass is 427 g/mol. The predicted octanol–water partition coefficient (Wildman–Crippen LogP) is 4.50. The van der Waals surface area contributed by atoms with Gasteiger partial charge in [-0.1, -0.05) is 39.7 Å². The molecule has 0 atom stereocenters. The Morgan fingerprint density at radius 1 is 0.833 bits per heavy atom. The SMILES string of the molecule is CC(C)(C)/C=C/C(=O)OCCCCOC(=O)CCN(CCCCCCO)C(C)(C)C. The number of aliphatic hydroxyl groups is 1. The van der Waals surface area contributed by atoms with Crippen LogP contribution in [0.25, 0.3) is 0 Å². The summed E-state index contributed by atoms with van der Waals surface area (Å²) in [6.45, 7) is 15.1. The fraction of sp³-hybridized carbons (Fsp3) is 0.833. The largest absolute Gasteiger partial charge is 0.466 e. The number of hydrogen-bond acceptors (Lipinski definition) is 6. The normalized spacial score (nSPS) is 12.5. The third kappa shape index (κ3) is 17.5. The van der Waals surface area contributed by atoms with Gasteiger partial charge in [0.2, 0.25) is 0 Å². The van der Waals surface area contributed by atoms with E-state index in [-0.39, 0.29) is 29.5 Å². The minimum absolute atomic E-state index is 0.00255. The minimum atomic E-state index is -0.333. The second-order valence-electron chi connectivity index (χ2n) is 9.84. The van der Waals surface area contributed by atoms with Crippen molar-refractivity contribution in [2.75, 3.05) is 32.9 Å². The van der Waals surface area contributed by atoms with E-state index in [0.29, 0.717) is 39.0 Å². The van der Waals surface area contributed by atoms with Crippen LogP contribution in [0.2, 0.25) is 0 Å². The lowest BCUT2D eigenvalue weighted by Gasteiger charge is -2.35. The van der Waals surface area contributed by atoms with Crippen molar-refractivity contribution in [3.8, 4) is 0 Å². The summed E-state index contributed by atoms with van der Waals surface area (Å²) in [7, 11) is 0. The quantitative estimate of drug-likeness (QED) is 0.236. The molecular weight excluding hydrogens is 382 g/mol. The second-order valence-corrected chi connectivity index (χ2v) is 9.84. The van der Waals surface area contributed by atoms with Gasteiger partial charge in [-0.05, 0) is 58.4 Å². The minimum Gasteiger partial charge on any atom is -0.466 e. The Labute approximate surface area is 184 Å². The number of ether oxygens (including phenoxy) is 2. The maximum Gasteiger partial charge on any atom is 0.330 e. The number of carbonyl (C=O) groups is 2. The van der Waals surface area contributed by atoms with E-state index in [4.69, 9.17) is 14.6 Å². The van der Waals surface area contributed by atoms with Crippen molar-refractivity contribution in [2.24, 2.45) is 5.41 Å². The Bertz CT molecular complexity index is 503. The van der Waals surface area contributed by atoms with Gasteiger partial charge in [0.1, 0.15) is 0 Å². The van der Waals surface area contributed by atoms with E-state index in [1.165, 1.54) is 6.08 Å². The Balaban J connectivity index is 3.95. The Kier molecular flexibility index (Phi) is 14.7. The van der Waals surface area contributed by atoms with Gasteiger partial charge in [0.15, 0.2) is 0 Å². The number of aliphatic hydroxyl groups excluding tert-OH is 1. The zero-order valence-electron chi connectivity index (χ0n) is 20.2. The van der Waals surface area contributed by atoms with Crippen LogP contribution in [-0.2, 0) is 19.1 Å². The summed E-state index contributed by atoms with van der Waals surface area (Å²) >= 11 is 0. The molecule has 0 fully saturated rings. The molecule has 1 N–H and O–H groups in total. The highest BCUT2D eigenvalue weighted by molar-refractivity contribution is 5.81. The van der Waals surface area contributed by atoms with E-state index in [1.807, 2.05) is 26.8 Å². The van der Waals surface area contributed by atoms with Gasteiger partial charge in [0.05, 0.1) is 19.6 Å². The van der Waals surface area contributed by atoms with Crippen molar-refractivity contribution < 1.29 is 24.2 Å². The summed E-state index contributed by atoms with van der Waals surface area (Å²) in [6.07, 6.45) is 9.07. The lowest BCUT2D eigenvalue weighted by molar-refractivity contribution is -0.145. The number of carbonyl (C=O) groups excluding carboxylic acids is 2. The van der Waals surface area contributed by atoms with Gasteiger partial charge >= 0.3 is 11.9 Å². The standard InChI is InChI=1S/C24H45NO5/c1-23(2,3)15-13-21(27)29-19-11-12-20-30-22(28)14-17-25(24(4,5)6)16-9-7-8-10-18-26/h13,15,26H,7-12,14,16-20H2,1-6H3/b15-13+. The van der Waals surface area contributed by atoms with Crippen LogP contribution >= 0.6 is 0 Å². The average Bonchev–Trinajstić information content (AvgIpc) is 2.63. The molecule has 0 aromatic heterocycles. The molecule has 0 unspecified atom stereocenters. The van der Waals surface area contributed by atoms with Crippen LogP contribution in [0.15, 0.2) is 12.2 Å². The number of nitrogens with zero attached hydrogens (tertiary/aromatic N) is 1. The topological polar surface area (TPSA) is 76.1 Å². The van der Waals surface area contributed by atoms with E-state index in [0.717, 1.165) is 32.2 Å². The Morgan fingerprint density at radius 2 is 1.43 bits per heavy atom. The molecular formula is C24H45NO5. The molecule has 0 rings (SSSR count). The number of allylic oxidation sites excluding steroid dienone is 1. The predicted molar refractivity (Wildman–Crippen MR) is 121 cm³/mol. The van der Waals surface area contributed by atoms with Gasteiger partial charge in [-0.3, -0.25) is 9.69 Å². The first-order valence-electron chi connectivity index (χ1n) is 11.3. The van der Waals surface area contributed by atoms with Crippen molar-refractivity contribution in [3.05, 3.63) is 12.2 Å². The molecule has 0 saturated carbocycles. The maximum atomic E-state index is 12.0. The number of rotatable bonds is 15. The van der Waals surface area contributed by atoms with Crippen LogP contribution in [-0.4, -0.2) is 60.4 Å². The summed E-state index contributed by atoms with van der Waals surface area (Å²) in [5.74, 6) is -0.518. The third-order valence-electron chi connectivity index (χ3n) is 4.64. The molecule has 0 aliphatic carbocycles. The maximum absolute atomic E-state index is 12.0. The molecule has 0 aromatic rings. The average molecular weight is 428 g/mol. The summed E-state index contributed by atoms with van der Waals surface area (Å²) in [5, 5.41) is 8.85. The van der Waals surface area contributed by atoms with Crippen molar-refractivity contribution in [3.63, 3.8) is 0 Å². The molecule has 30 heavy (non-hydrogen) atoms. The lowest BCUT2D eigenvalue weighted by atomic mass is 9.96. The fourth-order valence-electron chi connectivity index (χ4n) is 2.78. The van der Waals surface area contributed by atoms with Crippen molar-refractivity contribution in [2.45, 2.75) is 92.0 Å². The zero-order valence-corrected chi connectivity index (χ0v) is 20.2.